The van der Waals surface area contributed by atoms with E-state index in [-0.39, 0.29) is 12.5 Å². The van der Waals surface area contributed by atoms with Gasteiger partial charge in [-0.05, 0) is 26.3 Å². The number of rotatable bonds is 5. The maximum absolute atomic E-state index is 13.5. The smallest absolute Gasteiger partial charge is 0.222 e. The zero-order valence-corrected chi connectivity index (χ0v) is 11.5. The molecule has 0 aliphatic heterocycles. The van der Waals surface area contributed by atoms with Crippen molar-refractivity contribution in [2.45, 2.75) is 38.8 Å². The Morgan fingerprint density at radius 3 is 2.53 bits per heavy atom. The highest BCUT2D eigenvalue weighted by Crippen LogP contribution is 2.13. The molecule has 1 aromatic carbocycles. The molecule has 2 N–H and O–H groups in total. The lowest BCUT2D eigenvalue weighted by Gasteiger charge is -2.21. The number of benzene rings is 1. The van der Waals surface area contributed by atoms with Gasteiger partial charge in [0.05, 0.1) is 0 Å². The van der Waals surface area contributed by atoms with Crippen LogP contribution in [0.15, 0.2) is 18.2 Å². The van der Waals surface area contributed by atoms with Gasteiger partial charge in [0, 0.05) is 37.2 Å². The van der Waals surface area contributed by atoms with E-state index in [4.69, 9.17) is 5.73 Å². The second kappa shape index (κ2) is 6.10. The average molecular weight is 270 g/mol. The summed E-state index contributed by atoms with van der Waals surface area (Å²) in [7, 11) is 1.59. The molecule has 0 fully saturated rings. The van der Waals surface area contributed by atoms with Gasteiger partial charge in [0.25, 0.3) is 0 Å². The second-order valence-corrected chi connectivity index (χ2v) is 5.47. The highest BCUT2D eigenvalue weighted by Gasteiger charge is 2.16. The molecule has 5 heteroatoms. The van der Waals surface area contributed by atoms with Crippen LogP contribution in [0.3, 0.4) is 0 Å². The van der Waals surface area contributed by atoms with E-state index in [0.717, 1.165) is 6.07 Å². The summed E-state index contributed by atoms with van der Waals surface area (Å²) in [5.74, 6) is -1.37. The summed E-state index contributed by atoms with van der Waals surface area (Å²) in [6.07, 6.45) is 0.866. The topological polar surface area (TPSA) is 46.3 Å². The van der Waals surface area contributed by atoms with E-state index >= 15 is 0 Å². The summed E-state index contributed by atoms with van der Waals surface area (Å²) in [5, 5.41) is 0. The molecule has 19 heavy (non-hydrogen) atoms. The molecule has 0 aromatic heterocycles. The Morgan fingerprint density at radius 1 is 1.37 bits per heavy atom. The number of hydrogen-bond donors (Lipinski definition) is 1. The largest absolute Gasteiger partial charge is 0.341 e. The van der Waals surface area contributed by atoms with Gasteiger partial charge in [0.15, 0.2) is 0 Å². The molecule has 0 saturated heterocycles. The molecule has 0 heterocycles. The molecule has 1 rings (SSSR count). The zero-order chi connectivity index (χ0) is 14.6. The third-order valence-corrected chi connectivity index (χ3v) is 2.83. The number of carbonyl (C=O) groups is 1. The highest BCUT2D eigenvalue weighted by atomic mass is 19.1. The van der Waals surface area contributed by atoms with Crippen molar-refractivity contribution >= 4 is 5.91 Å². The van der Waals surface area contributed by atoms with Gasteiger partial charge in [-0.25, -0.2) is 8.78 Å². The van der Waals surface area contributed by atoms with Gasteiger partial charge in [-0.15, -0.1) is 0 Å². The lowest BCUT2D eigenvalue weighted by molar-refractivity contribution is -0.130. The Hall–Kier alpha value is -1.49. The molecule has 0 aliphatic carbocycles. The molecular weight excluding hydrogens is 250 g/mol. The fourth-order valence-electron chi connectivity index (χ4n) is 1.61. The van der Waals surface area contributed by atoms with Crippen LogP contribution in [0, 0.1) is 11.6 Å². The van der Waals surface area contributed by atoms with Gasteiger partial charge in [-0.3, -0.25) is 4.79 Å². The van der Waals surface area contributed by atoms with Crippen molar-refractivity contribution in [3.8, 4) is 0 Å². The first-order chi connectivity index (χ1) is 8.69. The van der Waals surface area contributed by atoms with E-state index in [0.29, 0.717) is 18.4 Å². The zero-order valence-electron chi connectivity index (χ0n) is 11.5. The Kier molecular flexibility index (Phi) is 5.00. The fraction of sp³-hybridized carbons (Fsp3) is 0.500. The van der Waals surface area contributed by atoms with E-state index in [1.807, 2.05) is 13.8 Å². The lowest BCUT2D eigenvalue weighted by Crippen LogP contribution is -2.35. The first-order valence-corrected chi connectivity index (χ1v) is 6.16. The molecule has 106 valence electrons. The van der Waals surface area contributed by atoms with Crippen molar-refractivity contribution in [1.29, 1.82) is 0 Å². The minimum absolute atomic E-state index is 0.109. The molecular formula is C14H20F2N2O. The van der Waals surface area contributed by atoms with Crippen LogP contribution in [-0.4, -0.2) is 23.4 Å². The van der Waals surface area contributed by atoms with Crippen molar-refractivity contribution < 1.29 is 13.6 Å². The number of hydrogen-bond acceptors (Lipinski definition) is 2. The third kappa shape index (κ3) is 5.34. The fourth-order valence-corrected chi connectivity index (χ4v) is 1.61. The molecule has 0 aliphatic rings. The van der Waals surface area contributed by atoms with Crippen LogP contribution >= 0.6 is 0 Å². The molecule has 0 radical (unpaired) electrons. The van der Waals surface area contributed by atoms with Crippen LogP contribution in [0.25, 0.3) is 0 Å². The minimum Gasteiger partial charge on any atom is -0.341 e. The SMILES string of the molecule is CN(Cc1ccc(F)cc1F)C(=O)CCC(C)(C)N. The van der Waals surface area contributed by atoms with Gasteiger partial charge < -0.3 is 10.6 Å². The van der Waals surface area contributed by atoms with E-state index in [1.165, 1.54) is 17.0 Å². The van der Waals surface area contributed by atoms with Gasteiger partial charge >= 0.3 is 0 Å². The van der Waals surface area contributed by atoms with Gasteiger partial charge in [0.2, 0.25) is 5.91 Å². The van der Waals surface area contributed by atoms with Crippen molar-refractivity contribution in [3.63, 3.8) is 0 Å². The maximum Gasteiger partial charge on any atom is 0.222 e. The predicted octanol–water partition coefficient (Wildman–Crippen LogP) is 2.44. The van der Waals surface area contributed by atoms with Crippen LogP contribution in [0.5, 0.6) is 0 Å². The van der Waals surface area contributed by atoms with Gasteiger partial charge in [-0.1, -0.05) is 6.07 Å². The second-order valence-electron chi connectivity index (χ2n) is 5.47. The van der Waals surface area contributed by atoms with Crippen molar-refractivity contribution in [2.75, 3.05) is 7.05 Å². The quantitative estimate of drug-likeness (QED) is 0.893. The number of nitrogens with zero attached hydrogens (tertiary/aromatic N) is 1. The lowest BCUT2D eigenvalue weighted by atomic mass is 10.00. The summed E-state index contributed by atoms with van der Waals surface area (Å²) >= 11 is 0. The van der Waals surface area contributed by atoms with Gasteiger partial charge in [0.1, 0.15) is 11.6 Å². The standard InChI is InChI=1S/C14H20F2N2O/c1-14(2,17)7-6-13(19)18(3)9-10-4-5-11(15)8-12(10)16/h4-5,8H,6-7,9,17H2,1-3H3. The number of carbonyl (C=O) groups excluding carboxylic acids is 1. The molecule has 0 atom stereocenters. The predicted molar refractivity (Wildman–Crippen MR) is 70.3 cm³/mol. The minimum atomic E-state index is -0.640. The number of amides is 1. The van der Waals surface area contributed by atoms with E-state index in [1.54, 1.807) is 7.05 Å². The van der Waals surface area contributed by atoms with Crippen LogP contribution in [0.1, 0.15) is 32.3 Å². The summed E-state index contributed by atoms with van der Waals surface area (Å²) < 4.78 is 26.2. The summed E-state index contributed by atoms with van der Waals surface area (Å²) in [6, 6.07) is 3.34. The van der Waals surface area contributed by atoms with Crippen LogP contribution in [0.4, 0.5) is 8.78 Å². The molecule has 0 saturated carbocycles. The Morgan fingerprint density at radius 2 is 2.00 bits per heavy atom. The molecule has 0 unspecified atom stereocenters. The van der Waals surface area contributed by atoms with Gasteiger partial charge in [-0.2, -0.15) is 0 Å². The molecule has 0 spiro atoms. The van der Waals surface area contributed by atoms with E-state index in [9.17, 15) is 13.6 Å². The molecule has 1 aromatic rings. The van der Waals surface area contributed by atoms with Crippen molar-refractivity contribution in [2.24, 2.45) is 5.73 Å². The molecule has 0 bridgehead atoms. The maximum atomic E-state index is 13.5. The summed E-state index contributed by atoms with van der Waals surface area (Å²) in [6.45, 7) is 3.82. The van der Waals surface area contributed by atoms with E-state index in [2.05, 4.69) is 0 Å². The Bertz CT molecular complexity index is 455. The average Bonchev–Trinajstić information content (AvgIpc) is 2.28. The molecule has 3 nitrogen and oxygen atoms in total. The van der Waals surface area contributed by atoms with Crippen molar-refractivity contribution in [3.05, 3.63) is 35.4 Å². The normalized spacial score (nSPS) is 11.5. The number of nitrogens with two attached hydrogens (primary N) is 1. The molecule has 1 amide bonds. The third-order valence-electron chi connectivity index (χ3n) is 2.83. The summed E-state index contributed by atoms with van der Waals surface area (Å²) in [5.41, 5.74) is 5.70. The van der Waals surface area contributed by atoms with Crippen LogP contribution in [0.2, 0.25) is 0 Å². The van der Waals surface area contributed by atoms with Crippen LogP contribution in [-0.2, 0) is 11.3 Å². The monoisotopic (exact) mass is 270 g/mol. The van der Waals surface area contributed by atoms with E-state index < -0.39 is 17.2 Å². The Labute approximate surface area is 112 Å². The summed E-state index contributed by atoms with van der Waals surface area (Å²) in [4.78, 5) is 13.3. The van der Waals surface area contributed by atoms with Crippen LogP contribution < -0.4 is 5.73 Å². The number of halogens is 2. The Balaban J connectivity index is 2.59. The highest BCUT2D eigenvalue weighted by molar-refractivity contribution is 5.75. The van der Waals surface area contributed by atoms with Crippen molar-refractivity contribution in [1.82, 2.24) is 4.90 Å². The first kappa shape index (κ1) is 15.6. The first-order valence-electron chi connectivity index (χ1n) is 6.16.